The normalized spacial score (nSPS) is 16.8. The summed E-state index contributed by atoms with van der Waals surface area (Å²) < 4.78 is 28.3. The zero-order chi connectivity index (χ0) is 23.2. The number of hydrogen-bond donors (Lipinski definition) is 1. The summed E-state index contributed by atoms with van der Waals surface area (Å²) >= 11 is 0. The second-order valence-corrected chi connectivity index (χ2v) is 9.74. The van der Waals surface area contributed by atoms with Gasteiger partial charge in [0, 0.05) is 52.0 Å². The Bertz CT molecular complexity index is 847. The molecule has 1 aromatic carbocycles. The molecule has 2 rings (SSSR count). The lowest BCUT2D eigenvalue weighted by atomic mass is 10.2. The predicted octanol–water partition coefficient (Wildman–Crippen LogP) is 0.985. The molecule has 1 atom stereocenters. The van der Waals surface area contributed by atoms with Crippen LogP contribution in [0.1, 0.15) is 26.3 Å². The van der Waals surface area contributed by atoms with E-state index in [-0.39, 0.29) is 18.4 Å². The highest BCUT2D eigenvalue weighted by Gasteiger charge is 2.34. The van der Waals surface area contributed by atoms with Gasteiger partial charge in [0.2, 0.25) is 11.8 Å². The third-order valence-corrected chi connectivity index (χ3v) is 7.82. The van der Waals surface area contributed by atoms with Crippen molar-refractivity contribution < 1.29 is 18.0 Å². The lowest BCUT2D eigenvalue weighted by molar-refractivity contribution is -0.138. The summed E-state index contributed by atoms with van der Waals surface area (Å²) in [7, 11) is -1.86. The van der Waals surface area contributed by atoms with Crippen LogP contribution in [0.5, 0.6) is 0 Å². The SMILES string of the molecule is CCN(CC)S(=O)(=O)N1CCN([C@H](C)C(=O)N(C)CC(=O)Nc2ccc(C)cc2)CC1. The van der Waals surface area contributed by atoms with Crippen LogP contribution < -0.4 is 5.32 Å². The topological polar surface area (TPSA) is 93.3 Å². The highest BCUT2D eigenvalue weighted by molar-refractivity contribution is 7.86. The fourth-order valence-electron chi connectivity index (χ4n) is 3.64. The Hall–Kier alpha value is -2.01. The van der Waals surface area contributed by atoms with Crippen LogP contribution in [0.15, 0.2) is 24.3 Å². The number of benzene rings is 1. The summed E-state index contributed by atoms with van der Waals surface area (Å²) in [4.78, 5) is 28.5. The largest absolute Gasteiger partial charge is 0.335 e. The number of nitrogens with one attached hydrogen (secondary N) is 1. The number of piperazine rings is 1. The summed E-state index contributed by atoms with van der Waals surface area (Å²) in [5, 5.41) is 2.79. The first-order valence-corrected chi connectivity index (χ1v) is 12.1. The van der Waals surface area contributed by atoms with Crippen molar-refractivity contribution in [2.75, 3.05) is 58.2 Å². The van der Waals surface area contributed by atoms with Gasteiger partial charge >= 0.3 is 0 Å². The summed E-state index contributed by atoms with van der Waals surface area (Å²) in [6.45, 7) is 9.85. The summed E-state index contributed by atoms with van der Waals surface area (Å²) in [5.41, 5.74) is 1.79. The van der Waals surface area contributed by atoms with Crippen molar-refractivity contribution in [2.24, 2.45) is 0 Å². The third-order valence-electron chi connectivity index (χ3n) is 5.63. The van der Waals surface area contributed by atoms with E-state index in [0.717, 1.165) is 5.56 Å². The van der Waals surface area contributed by atoms with Crippen molar-refractivity contribution >= 4 is 27.7 Å². The molecule has 1 aliphatic heterocycles. The molecule has 174 valence electrons. The van der Waals surface area contributed by atoms with E-state index in [9.17, 15) is 18.0 Å². The quantitative estimate of drug-likeness (QED) is 0.602. The molecule has 0 aromatic heterocycles. The second-order valence-electron chi connectivity index (χ2n) is 7.81. The molecule has 1 fully saturated rings. The van der Waals surface area contributed by atoms with Gasteiger partial charge in [0.15, 0.2) is 0 Å². The molecule has 1 aliphatic rings. The molecule has 0 spiro atoms. The molecule has 2 amide bonds. The van der Waals surface area contributed by atoms with E-state index in [1.165, 1.54) is 13.5 Å². The molecule has 1 saturated heterocycles. The molecule has 31 heavy (non-hydrogen) atoms. The van der Waals surface area contributed by atoms with Crippen molar-refractivity contribution in [1.29, 1.82) is 0 Å². The fourth-order valence-corrected chi connectivity index (χ4v) is 5.24. The van der Waals surface area contributed by atoms with Crippen molar-refractivity contribution in [2.45, 2.75) is 33.7 Å². The Morgan fingerprint density at radius 2 is 1.61 bits per heavy atom. The molecular weight excluding hydrogens is 418 g/mol. The molecule has 1 N–H and O–H groups in total. The maximum absolute atomic E-state index is 12.8. The monoisotopic (exact) mass is 453 g/mol. The number of likely N-dealkylation sites (N-methyl/N-ethyl adjacent to an activating group) is 1. The Balaban J connectivity index is 1.87. The van der Waals surface area contributed by atoms with Crippen LogP contribution in [-0.2, 0) is 19.8 Å². The van der Waals surface area contributed by atoms with Crippen LogP contribution in [0.3, 0.4) is 0 Å². The highest BCUT2D eigenvalue weighted by Crippen LogP contribution is 2.15. The van der Waals surface area contributed by atoms with E-state index < -0.39 is 16.3 Å². The van der Waals surface area contributed by atoms with Gasteiger partial charge < -0.3 is 10.2 Å². The number of anilines is 1. The molecule has 0 saturated carbocycles. The van der Waals surface area contributed by atoms with Gasteiger partial charge in [-0.25, -0.2) is 0 Å². The number of carbonyl (C=O) groups excluding carboxylic acids is 2. The molecule has 1 heterocycles. The second kappa shape index (κ2) is 11.0. The minimum atomic E-state index is -3.47. The minimum absolute atomic E-state index is 0.0483. The summed E-state index contributed by atoms with van der Waals surface area (Å²) in [6, 6.07) is 7.03. The molecule has 0 bridgehead atoms. The predicted molar refractivity (Wildman–Crippen MR) is 122 cm³/mol. The molecule has 9 nitrogen and oxygen atoms in total. The van der Waals surface area contributed by atoms with Crippen molar-refractivity contribution in [1.82, 2.24) is 18.4 Å². The van der Waals surface area contributed by atoms with Gasteiger partial charge in [0.25, 0.3) is 10.2 Å². The average Bonchev–Trinajstić information content (AvgIpc) is 2.75. The number of amides is 2. The van der Waals surface area contributed by atoms with Gasteiger partial charge in [-0.05, 0) is 26.0 Å². The smallest absolute Gasteiger partial charge is 0.282 e. The van der Waals surface area contributed by atoms with Gasteiger partial charge in [0.05, 0.1) is 12.6 Å². The Kier molecular flexibility index (Phi) is 8.99. The summed E-state index contributed by atoms with van der Waals surface area (Å²) in [6.07, 6.45) is 0. The molecule has 10 heteroatoms. The Morgan fingerprint density at radius 1 is 1.06 bits per heavy atom. The summed E-state index contributed by atoms with van der Waals surface area (Å²) in [5.74, 6) is -0.429. The highest BCUT2D eigenvalue weighted by atomic mass is 32.2. The minimum Gasteiger partial charge on any atom is -0.335 e. The first kappa shape index (κ1) is 25.3. The van der Waals surface area contributed by atoms with Crippen molar-refractivity contribution in [3.8, 4) is 0 Å². The van der Waals surface area contributed by atoms with E-state index in [1.54, 1.807) is 14.0 Å². The fraction of sp³-hybridized carbons (Fsp3) is 0.619. The van der Waals surface area contributed by atoms with Gasteiger partial charge in [-0.1, -0.05) is 31.5 Å². The van der Waals surface area contributed by atoms with E-state index in [4.69, 9.17) is 0 Å². The zero-order valence-corrected chi connectivity index (χ0v) is 20.0. The van der Waals surface area contributed by atoms with E-state index >= 15 is 0 Å². The number of hydrogen-bond acceptors (Lipinski definition) is 5. The van der Waals surface area contributed by atoms with Crippen LogP contribution in [0.2, 0.25) is 0 Å². The van der Waals surface area contributed by atoms with Crippen molar-refractivity contribution in [3.05, 3.63) is 29.8 Å². The van der Waals surface area contributed by atoms with Crippen LogP contribution in [-0.4, -0.2) is 97.5 Å². The maximum Gasteiger partial charge on any atom is 0.282 e. The molecular formula is C21H35N5O4S. The number of carbonyl (C=O) groups is 2. The van der Waals surface area contributed by atoms with Gasteiger partial charge in [-0.15, -0.1) is 0 Å². The number of rotatable bonds is 9. The van der Waals surface area contributed by atoms with Crippen LogP contribution in [0.4, 0.5) is 5.69 Å². The Morgan fingerprint density at radius 3 is 2.13 bits per heavy atom. The first-order valence-electron chi connectivity index (χ1n) is 10.7. The first-order chi connectivity index (χ1) is 14.6. The molecule has 0 radical (unpaired) electrons. The average molecular weight is 454 g/mol. The zero-order valence-electron chi connectivity index (χ0n) is 19.2. The van der Waals surface area contributed by atoms with Crippen LogP contribution >= 0.6 is 0 Å². The number of aryl methyl sites for hydroxylation is 1. The van der Waals surface area contributed by atoms with E-state index in [2.05, 4.69) is 5.32 Å². The van der Waals surface area contributed by atoms with Gasteiger partial charge in [-0.3, -0.25) is 14.5 Å². The Labute approximate surface area is 186 Å². The van der Waals surface area contributed by atoms with Gasteiger partial charge in [0.1, 0.15) is 0 Å². The van der Waals surface area contributed by atoms with E-state index in [0.29, 0.717) is 45.0 Å². The number of nitrogens with zero attached hydrogens (tertiary/aromatic N) is 4. The lowest BCUT2D eigenvalue weighted by Crippen LogP contribution is -2.57. The van der Waals surface area contributed by atoms with Gasteiger partial charge in [-0.2, -0.15) is 17.0 Å². The molecule has 0 aliphatic carbocycles. The maximum atomic E-state index is 12.8. The van der Waals surface area contributed by atoms with Crippen LogP contribution in [0.25, 0.3) is 0 Å². The molecule has 1 aromatic rings. The third kappa shape index (κ3) is 6.49. The lowest BCUT2D eigenvalue weighted by Gasteiger charge is -2.39. The van der Waals surface area contributed by atoms with Crippen LogP contribution in [0, 0.1) is 6.92 Å². The van der Waals surface area contributed by atoms with Crippen molar-refractivity contribution in [3.63, 3.8) is 0 Å². The molecule has 0 unspecified atom stereocenters. The van der Waals surface area contributed by atoms with E-state index in [1.807, 2.05) is 49.9 Å². The standard InChI is InChI=1S/C21H35N5O4S/c1-6-25(7-2)31(29,30)26-14-12-24(13-15-26)18(4)21(28)23(5)16-20(27)22-19-10-8-17(3)9-11-19/h8-11,18H,6-7,12-16H2,1-5H3,(H,22,27)/t18-/m1/s1.